The van der Waals surface area contributed by atoms with Crippen molar-refractivity contribution in [3.63, 3.8) is 0 Å². The minimum absolute atomic E-state index is 0.480. The van der Waals surface area contributed by atoms with Crippen LogP contribution in [-0.2, 0) is 4.79 Å². The van der Waals surface area contributed by atoms with Gasteiger partial charge in [0.1, 0.15) is 5.78 Å². The summed E-state index contributed by atoms with van der Waals surface area (Å²) in [4.78, 5) is 11.5. The van der Waals surface area contributed by atoms with Crippen molar-refractivity contribution in [2.45, 2.75) is 51.9 Å². The Labute approximate surface area is 87.5 Å². The topological polar surface area (TPSA) is 29.1 Å². The Morgan fingerprint density at radius 1 is 1.21 bits per heavy atom. The molecule has 1 rings (SSSR count). The van der Waals surface area contributed by atoms with E-state index < -0.39 is 0 Å². The lowest BCUT2D eigenvalue weighted by atomic mass is 9.94. The molecule has 1 N–H and O–H groups in total. The Morgan fingerprint density at radius 2 is 1.93 bits per heavy atom. The van der Waals surface area contributed by atoms with Gasteiger partial charge in [-0.1, -0.05) is 32.6 Å². The van der Waals surface area contributed by atoms with Gasteiger partial charge in [-0.2, -0.15) is 0 Å². The number of nitrogens with one attached hydrogen (secondary N) is 1. The minimum Gasteiger partial charge on any atom is -0.316 e. The van der Waals surface area contributed by atoms with Crippen LogP contribution in [0, 0.1) is 5.92 Å². The number of carbonyl (C=O) groups is 1. The number of rotatable bonds is 8. The average Bonchev–Trinajstić information content (AvgIpc) is 2.11. The zero-order valence-corrected chi connectivity index (χ0v) is 9.35. The van der Waals surface area contributed by atoms with Crippen LogP contribution in [0.3, 0.4) is 0 Å². The van der Waals surface area contributed by atoms with Crippen molar-refractivity contribution in [2.24, 2.45) is 5.92 Å². The fraction of sp³-hybridized carbons (Fsp3) is 0.917. The van der Waals surface area contributed by atoms with Gasteiger partial charge in [-0.3, -0.25) is 4.79 Å². The summed E-state index contributed by atoms with van der Waals surface area (Å²) in [5.74, 6) is 1.13. The molecule has 1 aliphatic heterocycles. The maximum Gasteiger partial charge on any atom is 0.133 e. The van der Waals surface area contributed by atoms with E-state index in [4.69, 9.17) is 0 Å². The van der Waals surface area contributed by atoms with E-state index >= 15 is 0 Å². The van der Waals surface area contributed by atoms with Gasteiger partial charge in [-0.25, -0.2) is 0 Å². The second kappa shape index (κ2) is 6.99. The Balaban J connectivity index is 1.87. The smallest absolute Gasteiger partial charge is 0.133 e. The molecule has 0 aromatic carbocycles. The molecule has 2 nitrogen and oxygen atoms in total. The van der Waals surface area contributed by atoms with Crippen LogP contribution in [0.4, 0.5) is 0 Å². The van der Waals surface area contributed by atoms with Crippen molar-refractivity contribution in [1.29, 1.82) is 0 Å². The molecule has 0 bridgehead atoms. The lowest BCUT2D eigenvalue weighted by Gasteiger charge is -2.26. The van der Waals surface area contributed by atoms with Crippen molar-refractivity contribution < 1.29 is 4.79 Å². The molecule has 1 fully saturated rings. The van der Waals surface area contributed by atoms with Crippen molar-refractivity contribution in [2.75, 3.05) is 13.1 Å². The van der Waals surface area contributed by atoms with Crippen LogP contribution < -0.4 is 5.32 Å². The van der Waals surface area contributed by atoms with Crippen LogP contribution in [0.2, 0.25) is 0 Å². The lowest BCUT2D eigenvalue weighted by molar-refractivity contribution is -0.120. The van der Waals surface area contributed by atoms with Gasteiger partial charge in [0.2, 0.25) is 0 Å². The molecular weight excluding hydrogens is 174 g/mol. The van der Waals surface area contributed by atoms with Gasteiger partial charge in [0.05, 0.1) is 0 Å². The predicted octanol–water partition coefficient (Wildman–Crippen LogP) is 2.53. The first-order valence-electron chi connectivity index (χ1n) is 6.05. The first-order valence-corrected chi connectivity index (χ1v) is 6.05. The van der Waals surface area contributed by atoms with Crippen LogP contribution >= 0.6 is 0 Å². The molecule has 0 unspecified atom stereocenters. The number of carbonyl (C=O) groups excluding carboxylic acids is 1. The average molecular weight is 197 g/mol. The monoisotopic (exact) mass is 197 g/mol. The molecular formula is C12H23NO. The van der Waals surface area contributed by atoms with Gasteiger partial charge < -0.3 is 5.32 Å². The first kappa shape index (κ1) is 11.7. The molecule has 0 atom stereocenters. The summed E-state index contributed by atoms with van der Waals surface area (Å²) in [6.45, 7) is 4.33. The largest absolute Gasteiger partial charge is 0.316 e. The van der Waals surface area contributed by atoms with E-state index in [9.17, 15) is 4.79 Å². The van der Waals surface area contributed by atoms with Crippen molar-refractivity contribution in [3.8, 4) is 0 Å². The summed E-state index contributed by atoms with van der Waals surface area (Å²) < 4.78 is 0. The number of hydrogen-bond donors (Lipinski definition) is 1. The summed E-state index contributed by atoms with van der Waals surface area (Å²) >= 11 is 0. The fourth-order valence-electron chi connectivity index (χ4n) is 1.84. The highest BCUT2D eigenvalue weighted by atomic mass is 16.1. The van der Waals surface area contributed by atoms with E-state index in [0.717, 1.165) is 32.4 Å². The highest BCUT2D eigenvalue weighted by molar-refractivity contribution is 5.78. The van der Waals surface area contributed by atoms with Gasteiger partial charge in [0, 0.05) is 12.8 Å². The quantitative estimate of drug-likeness (QED) is 0.606. The normalized spacial score (nSPS) is 16.6. The van der Waals surface area contributed by atoms with E-state index in [1.54, 1.807) is 0 Å². The molecule has 82 valence electrons. The zero-order valence-electron chi connectivity index (χ0n) is 9.35. The summed E-state index contributed by atoms with van der Waals surface area (Å²) in [5, 5.41) is 3.20. The number of hydrogen-bond acceptors (Lipinski definition) is 2. The van der Waals surface area contributed by atoms with Gasteiger partial charge in [0.15, 0.2) is 0 Å². The Morgan fingerprint density at radius 3 is 2.50 bits per heavy atom. The maximum absolute atomic E-state index is 11.5. The van der Waals surface area contributed by atoms with E-state index in [1.807, 2.05) is 0 Å². The molecule has 0 amide bonds. The highest BCUT2D eigenvalue weighted by Gasteiger charge is 2.19. The molecule has 1 saturated heterocycles. The molecule has 0 aromatic rings. The highest BCUT2D eigenvalue weighted by Crippen LogP contribution is 2.12. The second-order valence-corrected chi connectivity index (χ2v) is 4.43. The molecule has 0 aliphatic carbocycles. The van der Waals surface area contributed by atoms with Crippen LogP contribution in [0.5, 0.6) is 0 Å². The molecule has 0 radical (unpaired) electrons. The minimum atomic E-state index is 0.480. The van der Waals surface area contributed by atoms with Gasteiger partial charge >= 0.3 is 0 Å². The Kier molecular flexibility index (Phi) is 5.85. The van der Waals surface area contributed by atoms with Crippen molar-refractivity contribution in [1.82, 2.24) is 5.32 Å². The molecule has 2 heteroatoms. The third kappa shape index (κ3) is 4.75. The predicted molar refractivity (Wildman–Crippen MR) is 59.4 cm³/mol. The molecule has 0 aromatic heterocycles. The van der Waals surface area contributed by atoms with Crippen LogP contribution in [0.25, 0.3) is 0 Å². The second-order valence-electron chi connectivity index (χ2n) is 4.43. The van der Waals surface area contributed by atoms with Crippen LogP contribution in [0.1, 0.15) is 51.9 Å². The third-order valence-corrected chi connectivity index (χ3v) is 2.94. The van der Waals surface area contributed by atoms with Crippen molar-refractivity contribution in [3.05, 3.63) is 0 Å². The Hall–Kier alpha value is -0.370. The lowest BCUT2D eigenvalue weighted by Crippen LogP contribution is -2.42. The number of Topliss-reactive ketones (excluding diaryl/α,β-unsaturated/α-hetero) is 1. The van der Waals surface area contributed by atoms with Crippen molar-refractivity contribution >= 4 is 5.78 Å². The van der Waals surface area contributed by atoms with Gasteiger partial charge in [0.25, 0.3) is 0 Å². The summed E-state index contributed by atoms with van der Waals surface area (Å²) in [6.07, 6.45) is 7.89. The van der Waals surface area contributed by atoms with Crippen LogP contribution in [0.15, 0.2) is 0 Å². The SMILES string of the molecule is CCCCCCCC(=O)CC1CNC1. The van der Waals surface area contributed by atoms with Crippen LogP contribution in [-0.4, -0.2) is 18.9 Å². The molecule has 0 saturated carbocycles. The Bertz CT molecular complexity index is 164. The molecule has 1 heterocycles. The molecule has 1 aliphatic rings. The van der Waals surface area contributed by atoms with E-state index in [0.29, 0.717) is 11.7 Å². The van der Waals surface area contributed by atoms with Gasteiger partial charge in [-0.05, 0) is 25.4 Å². The molecule has 14 heavy (non-hydrogen) atoms. The van der Waals surface area contributed by atoms with E-state index in [2.05, 4.69) is 12.2 Å². The standard InChI is InChI=1S/C12H23NO/c1-2-3-4-5-6-7-12(14)8-11-9-13-10-11/h11,13H,2-10H2,1H3. The summed E-state index contributed by atoms with van der Waals surface area (Å²) in [5.41, 5.74) is 0. The summed E-state index contributed by atoms with van der Waals surface area (Å²) in [7, 11) is 0. The zero-order chi connectivity index (χ0) is 10.2. The first-order chi connectivity index (χ1) is 6.83. The number of ketones is 1. The maximum atomic E-state index is 11.5. The number of unbranched alkanes of at least 4 members (excludes halogenated alkanes) is 4. The summed E-state index contributed by atoms with van der Waals surface area (Å²) in [6, 6.07) is 0. The van der Waals surface area contributed by atoms with E-state index in [1.165, 1.54) is 25.7 Å². The van der Waals surface area contributed by atoms with E-state index in [-0.39, 0.29) is 0 Å². The van der Waals surface area contributed by atoms with Gasteiger partial charge in [-0.15, -0.1) is 0 Å². The fourth-order valence-corrected chi connectivity index (χ4v) is 1.84. The third-order valence-electron chi connectivity index (χ3n) is 2.94. The molecule has 0 spiro atoms.